The van der Waals surface area contributed by atoms with Crippen molar-refractivity contribution >= 4 is 23.9 Å². The molecule has 0 saturated heterocycles. The van der Waals surface area contributed by atoms with Crippen molar-refractivity contribution in [3.8, 4) is 0 Å². The van der Waals surface area contributed by atoms with Crippen molar-refractivity contribution in [1.29, 1.82) is 0 Å². The minimum atomic E-state index is -1.05. The molecular formula is C18H26O8. The molecule has 146 valence electrons. The van der Waals surface area contributed by atoms with E-state index in [9.17, 15) is 19.2 Å². The normalized spacial score (nSPS) is 12.3. The molecule has 0 fully saturated rings. The van der Waals surface area contributed by atoms with Crippen LogP contribution in [0.15, 0.2) is 24.3 Å². The minimum absolute atomic E-state index is 0.179. The van der Waals surface area contributed by atoms with Crippen molar-refractivity contribution in [2.45, 2.75) is 66.0 Å². The van der Waals surface area contributed by atoms with Gasteiger partial charge in [0.05, 0.1) is 12.8 Å². The predicted molar refractivity (Wildman–Crippen MR) is 91.4 cm³/mol. The second kappa shape index (κ2) is 11.8. The van der Waals surface area contributed by atoms with E-state index in [1.54, 1.807) is 13.8 Å². The van der Waals surface area contributed by atoms with Crippen molar-refractivity contribution in [2.75, 3.05) is 0 Å². The standard InChI is InChI=1S/C18H26O8/c1-7-15(25-17(21)11(3)4)23-13(19)9-10-14(20)24-16(8-2)26-18(22)12(5)6/h15-16H,3,5,7-10H2,1-2,4,6H3. The van der Waals surface area contributed by atoms with Crippen LogP contribution in [-0.4, -0.2) is 36.5 Å². The third-order valence-corrected chi connectivity index (χ3v) is 2.90. The molecule has 0 aliphatic heterocycles. The van der Waals surface area contributed by atoms with Crippen LogP contribution in [0.3, 0.4) is 0 Å². The van der Waals surface area contributed by atoms with Gasteiger partial charge in [-0.25, -0.2) is 9.59 Å². The highest BCUT2D eigenvalue weighted by atomic mass is 16.7. The monoisotopic (exact) mass is 370 g/mol. The van der Waals surface area contributed by atoms with E-state index < -0.39 is 36.5 Å². The first-order valence-corrected chi connectivity index (χ1v) is 8.22. The molecule has 0 aromatic heterocycles. The SMILES string of the molecule is C=C(C)C(=O)OC(CC)OC(=O)CCC(=O)OC(CC)OC(=O)C(=C)C. The van der Waals surface area contributed by atoms with Crippen LogP contribution in [0, 0.1) is 0 Å². The Labute approximate surface area is 153 Å². The van der Waals surface area contributed by atoms with Crippen molar-refractivity contribution in [2.24, 2.45) is 0 Å². The fourth-order valence-electron chi connectivity index (χ4n) is 1.44. The summed E-state index contributed by atoms with van der Waals surface area (Å²) in [6.07, 6.45) is -2.14. The van der Waals surface area contributed by atoms with Crippen LogP contribution >= 0.6 is 0 Å². The number of hydrogen-bond donors (Lipinski definition) is 0. The Bertz CT molecular complexity index is 514. The molecule has 0 aromatic carbocycles. The lowest BCUT2D eigenvalue weighted by molar-refractivity contribution is -0.191. The summed E-state index contributed by atoms with van der Waals surface area (Å²) in [6, 6.07) is 0. The highest BCUT2D eigenvalue weighted by Gasteiger charge is 2.21. The molecule has 0 radical (unpaired) electrons. The van der Waals surface area contributed by atoms with E-state index in [-0.39, 0.29) is 36.8 Å². The van der Waals surface area contributed by atoms with Crippen LogP contribution in [-0.2, 0) is 38.1 Å². The molecule has 2 atom stereocenters. The predicted octanol–water partition coefficient (Wildman–Crippen LogP) is 2.56. The van der Waals surface area contributed by atoms with Crippen molar-refractivity contribution in [1.82, 2.24) is 0 Å². The summed E-state index contributed by atoms with van der Waals surface area (Å²) in [5.74, 6) is -2.80. The molecule has 0 aromatic rings. The summed E-state index contributed by atoms with van der Waals surface area (Å²) < 4.78 is 19.8. The van der Waals surface area contributed by atoms with Crippen LogP contribution in [0.2, 0.25) is 0 Å². The molecule has 26 heavy (non-hydrogen) atoms. The summed E-state index contributed by atoms with van der Waals surface area (Å²) in [5, 5.41) is 0. The summed E-state index contributed by atoms with van der Waals surface area (Å²) in [4.78, 5) is 46.3. The first-order chi connectivity index (χ1) is 12.1. The molecule has 8 nitrogen and oxygen atoms in total. The third-order valence-electron chi connectivity index (χ3n) is 2.90. The maximum Gasteiger partial charge on any atom is 0.336 e. The van der Waals surface area contributed by atoms with Crippen LogP contribution < -0.4 is 0 Å². The Balaban J connectivity index is 4.36. The number of rotatable bonds is 11. The molecule has 0 amide bonds. The van der Waals surface area contributed by atoms with E-state index in [1.165, 1.54) is 13.8 Å². The Morgan fingerprint density at radius 3 is 1.23 bits per heavy atom. The number of hydrogen-bond acceptors (Lipinski definition) is 8. The fourth-order valence-corrected chi connectivity index (χ4v) is 1.44. The summed E-state index contributed by atoms with van der Waals surface area (Å²) in [7, 11) is 0. The van der Waals surface area contributed by atoms with E-state index in [0.717, 1.165) is 0 Å². The first-order valence-electron chi connectivity index (χ1n) is 8.22. The van der Waals surface area contributed by atoms with E-state index in [4.69, 9.17) is 18.9 Å². The summed E-state index contributed by atoms with van der Waals surface area (Å²) in [6.45, 7) is 13.1. The first kappa shape index (κ1) is 23.4. The molecule has 0 saturated carbocycles. The second-order valence-electron chi connectivity index (χ2n) is 5.53. The molecule has 0 rings (SSSR count). The van der Waals surface area contributed by atoms with Gasteiger partial charge < -0.3 is 18.9 Å². The lowest BCUT2D eigenvalue weighted by Gasteiger charge is -2.18. The summed E-state index contributed by atoms with van der Waals surface area (Å²) in [5.41, 5.74) is 0.357. The van der Waals surface area contributed by atoms with Crippen molar-refractivity contribution in [3.05, 3.63) is 24.3 Å². The molecule has 0 aliphatic rings. The molecule has 2 unspecified atom stereocenters. The van der Waals surface area contributed by atoms with Crippen molar-refractivity contribution < 1.29 is 38.1 Å². The molecule has 0 aliphatic carbocycles. The highest BCUT2D eigenvalue weighted by molar-refractivity contribution is 5.87. The lowest BCUT2D eigenvalue weighted by Crippen LogP contribution is -2.26. The van der Waals surface area contributed by atoms with Gasteiger partial charge in [-0.2, -0.15) is 0 Å². The van der Waals surface area contributed by atoms with Gasteiger partial charge in [-0.05, 0) is 13.8 Å². The lowest BCUT2D eigenvalue weighted by atomic mass is 10.3. The van der Waals surface area contributed by atoms with Crippen LogP contribution in [0.25, 0.3) is 0 Å². The Morgan fingerprint density at radius 2 is 1.00 bits per heavy atom. The zero-order valence-electron chi connectivity index (χ0n) is 15.7. The maximum absolute atomic E-state index is 11.7. The van der Waals surface area contributed by atoms with Gasteiger partial charge in [0.1, 0.15) is 0 Å². The van der Waals surface area contributed by atoms with Gasteiger partial charge in [0.15, 0.2) is 0 Å². The Hall–Kier alpha value is -2.64. The average Bonchev–Trinajstić information content (AvgIpc) is 2.58. The largest absolute Gasteiger partial charge is 0.425 e. The zero-order chi connectivity index (χ0) is 20.3. The number of carbonyl (C=O) groups is 4. The van der Waals surface area contributed by atoms with Crippen LogP contribution in [0.5, 0.6) is 0 Å². The molecule has 0 bridgehead atoms. The average molecular weight is 370 g/mol. The molecule has 0 spiro atoms. The Morgan fingerprint density at radius 1 is 0.692 bits per heavy atom. The van der Waals surface area contributed by atoms with Crippen molar-refractivity contribution in [3.63, 3.8) is 0 Å². The number of esters is 4. The third kappa shape index (κ3) is 9.61. The number of carbonyl (C=O) groups excluding carboxylic acids is 4. The minimum Gasteiger partial charge on any atom is -0.425 e. The van der Waals surface area contributed by atoms with E-state index in [0.29, 0.717) is 0 Å². The van der Waals surface area contributed by atoms with E-state index in [1.807, 2.05) is 0 Å². The Kier molecular flexibility index (Phi) is 10.6. The maximum atomic E-state index is 11.7. The van der Waals surface area contributed by atoms with Gasteiger partial charge >= 0.3 is 23.9 Å². The van der Waals surface area contributed by atoms with Crippen LogP contribution in [0.1, 0.15) is 53.4 Å². The molecule has 8 heteroatoms. The van der Waals surface area contributed by atoms with Crippen LogP contribution in [0.4, 0.5) is 0 Å². The smallest absolute Gasteiger partial charge is 0.336 e. The fraction of sp³-hybridized carbons (Fsp3) is 0.556. The zero-order valence-corrected chi connectivity index (χ0v) is 15.7. The quantitative estimate of drug-likeness (QED) is 0.310. The highest BCUT2D eigenvalue weighted by Crippen LogP contribution is 2.09. The molecular weight excluding hydrogens is 344 g/mol. The van der Waals surface area contributed by atoms with Gasteiger partial charge in [0.25, 0.3) is 0 Å². The molecule has 0 N–H and O–H groups in total. The topological polar surface area (TPSA) is 105 Å². The van der Waals surface area contributed by atoms with E-state index >= 15 is 0 Å². The summed E-state index contributed by atoms with van der Waals surface area (Å²) >= 11 is 0. The van der Waals surface area contributed by atoms with E-state index in [2.05, 4.69) is 13.2 Å². The van der Waals surface area contributed by atoms with Gasteiger partial charge in [0.2, 0.25) is 12.6 Å². The van der Waals surface area contributed by atoms with Gasteiger partial charge in [-0.3, -0.25) is 9.59 Å². The van der Waals surface area contributed by atoms with Gasteiger partial charge in [0, 0.05) is 24.0 Å². The number of ether oxygens (including phenoxy) is 4. The molecule has 0 heterocycles. The second-order valence-corrected chi connectivity index (χ2v) is 5.53. The van der Waals surface area contributed by atoms with Gasteiger partial charge in [-0.15, -0.1) is 0 Å². The van der Waals surface area contributed by atoms with Gasteiger partial charge in [-0.1, -0.05) is 27.0 Å².